The van der Waals surface area contributed by atoms with Crippen molar-refractivity contribution < 1.29 is 18.3 Å². The van der Waals surface area contributed by atoms with Crippen LogP contribution in [0.5, 0.6) is 0 Å². The average Bonchev–Trinajstić information content (AvgIpc) is 2.28. The molecular weight excluding hydrogens is 240 g/mol. The molecule has 0 fully saturated rings. The lowest BCUT2D eigenvalue weighted by molar-refractivity contribution is -0.142. The Morgan fingerprint density at radius 3 is 2.71 bits per heavy atom. The maximum absolute atomic E-state index is 11.9. The summed E-state index contributed by atoms with van der Waals surface area (Å²) in [7, 11) is -3.23. The van der Waals surface area contributed by atoms with Crippen molar-refractivity contribution >= 4 is 15.8 Å². The number of carboxylic acids is 1. The maximum atomic E-state index is 11.9. The van der Waals surface area contributed by atoms with Crippen LogP contribution in [0.2, 0.25) is 0 Å². The van der Waals surface area contributed by atoms with E-state index in [1.807, 2.05) is 0 Å². The van der Waals surface area contributed by atoms with Gasteiger partial charge in [-0.15, -0.1) is 0 Å². The molecule has 17 heavy (non-hydrogen) atoms. The smallest absolute Gasteiger partial charge is 0.306 e. The highest BCUT2D eigenvalue weighted by molar-refractivity contribution is 7.91. The number of hydrogen-bond acceptors (Lipinski definition) is 3. The van der Waals surface area contributed by atoms with Crippen molar-refractivity contribution in [3.63, 3.8) is 0 Å². The Bertz CT molecular complexity index is 547. The van der Waals surface area contributed by atoms with Gasteiger partial charge in [-0.05, 0) is 24.0 Å². The Morgan fingerprint density at radius 1 is 1.41 bits per heavy atom. The lowest BCUT2D eigenvalue weighted by Gasteiger charge is -2.27. The van der Waals surface area contributed by atoms with Gasteiger partial charge in [-0.25, -0.2) is 8.42 Å². The van der Waals surface area contributed by atoms with Crippen molar-refractivity contribution in [3.05, 3.63) is 29.8 Å². The molecule has 0 saturated heterocycles. The second-order valence-electron chi connectivity index (χ2n) is 4.38. The molecular formula is C12H14O4S. The molecule has 0 aromatic heterocycles. The summed E-state index contributed by atoms with van der Waals surface area (Å²) >= 11 is 0. The summed E-state index contributed by atoms with van der Waals surface area (Å²) in [6, 6.07) is 6.70. The Balaban J connectivity index is 2.53. The summed E-state index contributed by atoms with van der Waals surface area (Å²) in [4.78, 5) is 11.3. The van der Waals surface area contributed by atoms with Crippen molar-refractivity contribution in [2.75, 3.05) is 5.75 Å². The Morgan fingerprint density at radius 2 is 2.06 bits per heavy atom. The molecule has 0 amide bonds. The molecule has 1 aromatic rings. The van der Waals surface area contributed by atoms with E-state index in [1.54, 1.807) is 31.2 Å². The average molecular weight is 254 g/mol. The third kappa shape index (κ3) is 2.07. The number of fused-ring (bicyclic) bond motifs is 1. The zero-order valence-electron chi connectivity index (χ0n) is 9.46. The zero-order valence-corrected chi connectivity index (χ0v) is 10.3. The van der Waals surface area contributed by atoms with E-state index >= 15 is 0 Å². The number of rotatable bonds is 2. The number of hydrogen-bond donors (Lipinski definition) is 1. The van der Waals surface area contributed by atoms with Gasteiger partial charge in [0.1, 0.15) is 0 Å². The molecule has 1 heterocycles. The van der Waals surface area contributed by atoms with Crippen LogP contribution in [0.1, 0.15) is 24.8 Å². The van der Waals surface area contributed by atoms with Gasteiger partial charge >= 0.3 is 5.97 Å². The Labute approximate surface area is 100 Å². The zero-order chi connectivity index (χ0) is 12.6. The summed E-state index contributed by atoms with van der Waals surface area (Å²) in [5, 5.41) is 9.04. The van der Waals surface area contributed by atoms with Crippen LogP contribution < -0.4 is 0 Å². The van der Waals surface area contributed by atoms with Crippen molar-refractivity contribution in [1.82, 2.24) is 0 Å². The highest BCUT2D eigenvalue weighted by Crippen LogP contribution is 2.38. The van der Waals surface area contributed by atoms with Crippen LogP contribution in [0, 0.1) is 5.92 Å². The Hall–Kier alpha value is -1.36. The lowest BCUT2D eigenvalue weighted by Crippen LogP contribution is -2.27. The third-order valence-electron chi connectivity index (χ3n) is 3.34. The van der Waals surface area contributed by atoms with Crippen LogP contribution >= 0.6 is 0 Å². The first-order valence-corrected chi connectivity index (χ1v) is 7.13. The summed E-state index contributed by atoms with van der Waals surface area (Å²) in [6.45, 7) is 1.63. The van der Waals surface area contributed by atoms with Crippen molar-refractivity contribution in [2.45, 2.75) is 24.2 Å². The SMILES string of the molecule is CC(C(=O)O)C1CCS(=O)(=O)c2ccccc21. The molecule has 1 aliphatic heterocycles. The molecule has 0 bridgehead atoms. The van der Waals surface area contributed by atoms with Gasteiger partial charge in [-0.2, -0.15) is 0 Å². The second kappa shape index (κ2) is 4.14. The fraction of sp³-hybridized carbons (Fsp3) is 0.417. The Kier molecular flexibility index (Phi) is 2.95. The highest BCUT2D eigenvalue weighted by Gasteiger charge is 2.35. The van der Waals surface area contributed by atoms with Crippen LogP contribution in [0.3, 0.4) is 0 Å². The van der Waals surface area contributed by atoms with Gasteiger partial charge in [-0.1, -0.05) is 25.1 Å². The first-order chi connectivity index (χ1) is 7.93. The van der Waals surface area contributed by atoms with Gasteiger partial charge in [0.25, 0.3) is 0 Å². The lowest BCUT2D eigenvalue weighted by atomic mass is 9.85. The molecule has 4 nitrogen and oxygen atoms in total. The van der Waals surface area contributed by atoms with Crippen LogP contribution in [0.4, 0.5) is 0 Å². The number of carboxylic acid groups (broad SMARTS) is 1. The number of benzene rings is 1. The van der Waals surface area contributed by atoms with Crippen molar-refractivity contribution in [2.24, 2.45) is 5.92 Å². The normalized spacial score (nSPS) is 23.7. The molecule has 1 aliphatic rings. The predicted octanol–water partition coefficient (Wildman–Crippen LogP) is 1.67. The van der Waals surface area contributed by atoms with Crippen LogP contribution in [0.25, 0.3) is 0 Å². The van der Waals surface area contributed by atoms with E-state index in [4.69, 9.17) is 5.11 Å². The number of aliphatic carboxylic acids is 1. The van der Waals surface area contributed by atoms with E-state index < -0.39 is 21.7 Å². The highest BCUT2D eigenvalue weighted by atomic mass is 32.2. The summed E-state index contributed by atoms with van der Waals surface area (Å²) in [5.74, 6) is -1.63. The van der Waals surface area contributed by atoms with E-state index in [0.29, 0.717) is 16.9 Å². The van der Waals surface area contributed by atoms with E-state index in [0.717, 1.165) is 0 Å². The first-order valence-electron chi connectivity index (χ1n) is 5.48. The minimum Gasteiger partial charge on any atom is -0.481 e. The molecule has 0 radical (unpaired) electrons. The van der Waals surface area contributed by atoms with Crippen molar-refractivity contribution in [1.29, 1.82) is 0 Å². The molecule has 1 N–H and O–H groups in total. The largest absolute Gasteiger partial charge is 0.481 e. The van der Waals surface area contributed by atoms with Gasteiger partial charge in [0.15, 0.2) is 9.84 Å². The van der Waals surface area contributed by atoms with E-state index in [2.05, 4.69) is 0 Å². The maximum Gasteiger partial charge on any atom is 0.306 e. The third-order valence-corrected chi connectivity index (χ3v) is 5.16. The number of carbonyl (C=O) groups is 1. The van der Waals surface area contributed by atoms with Gasteiger partial charge < -0.3 is 5.11 Å². The monoisotopic (exact) mass is 254 g/mol. The van der Waals surface area contributed by atoms with Gasteiger partial charge in [0.2, 0.25) is 0 Å². The molecule has 5 heteroatoms. The van der Waals surface area contributed by atoms with Crippen LogP contribution in [-0.4, -0.2) is 25.2 Å². The minimum atomic E-state index is -3.23. The molecule has 0 spiro atoms. The minimum absolute atomic E-state index is 0.0340. The molecule has 0 saturated carbocycles. The van der Waals surface area contributed by atoms with Gasteiger partial charge in [0.05, 0.1) is 16.6 Å². The molecule has 2 atom stereocenters. The van der Waals surface area contributed by atoms with E-state index in [1.165, 1.54) is 0 Å². The van der Waals surface area contributed by atoms with Gasteiger partial charge in [-0.3, -0.25) is 4.79 Å². The van der Waals surface area contributed by atoms with Crippen LogP contribution in [0.15, 0.2) is 29.2 Å². The topological polar surface area (TPSA) is 71.4 Å². The fourth-order valence-electron chi connectivity index (χ4n) is 2.31. The molecule has 92 valence electrons. The predicted molar refractivity (Wildman–Crippen MR) is 62.7 cm³/mol. The van der Waals surface area contributed by atoms with Gasteiger partial charge in [0, 0.05) is 0 Å². The summed E-state index contributed by atoms with van der Waals surface area (Å²) in [5.41, 5.74) is 0.647. The summed E-state index contributed by atoms with van der Waals surface area (Å²) in [6.07, 6.45) is 0.382. The first kappa shape index (κ1) is 12.1. The molecule has 2 rings (SSSR count). The van der Waals surface area contributed by atoms with E-state index in [9.17, 15) is 13.2 Å². The van der Waals surface area contributed by atoms with Crippen molar-refractivity contribution in [3.8, 4) is 0 Å². The summed E-state index contributed by atoms with van der Waals surface area (Å²) < 4.78 is 23.7. The number of sulfone groups is 1. The van der Waals surface area contributed by atoms with Crippen LogP contribution in [-0.2, 0) is 14.6 Å². The molecule has 2 unspecified atom stereocenters. The quantitative estimate of drug-likeness (QED) is 0.871. The molecule has 0 aliphatic carbocycles. The molecule has 1 aromatic carbocycles. The standard InChI is InChI=1S/C12H14O4S/c1-8(12(13)14)9-6-7-17(15,16)11-5-3-2-4-10(9)11/h2-5,8-9H,6-7H2,1H3,(H,13,14). The van der Waals surface area contributed by atoms with E-state index in [-0.39, 0.29) is 11.7 Å². The second-order valence-corrected chi connectivity index (χ2v) is 6.46. The fourth-order valence-corrected chi connectivity index (χ4v) is 3.96.